The highest BCUT2D eigenvalue weighted by Crippen LogP contribution is 2.16. The number of hydrogen-bond acceptors (Lipinski definition) is 5. The molecule has 0 aliphatic heterocycles. The fourth-order valence-corrected chi connectivity index (χ4v) is 3.82. The lowest BCUT2D eigenvalue weighted by Crippen LogP contribution is -2.26. The predicted molar refractivity (Wildman–Crippen MR) is 101 cm³/mol. The molecular formula is C19H23N3O2S. The van der Waals surface area contributed by atoms with Crippen LogP contribution in [0.4, 0.5) is 0 Å². The normalized spacial score (nSPS) is 11.4. The first kappa shape index (κ1) is 17.6. The lowest BCUT2D eigenvalue weighted by Gasteiger charge is -2.21. The molecule has 2 aromatic heterocycles. The van der Waals surface area contributed by atoms with Gasteiger partial charge in [-0.05, 0) is 37.6 Å². The molecule has 132 valence electrons. The van der Waals surface area contributed by atoms with Crippen LogP contribution < -0.4 is 10.3 Å². The summed E-state index contributed by atoms with van der Waals surface area (Å²) in [6, 6.07) is 9.77. The molecular weight excluding hydrogens is 334 g/mol. The van der Waals surface area contributed by atoms with Crippen LogP contribution >= 0.6 is 11.3 Å². The fourth-order valence-electron chi connectivity index (χ4n) is 2.93. The van der Waals surface area contributed by atoms with E-state index in [0.717, 1.165) is 41.6 Å². The summed E-state index contributed by atoms with van der Waals surface area (Å²) < 4.78 is 6.88. The van der Waals surface area contributed by atoms with Gasteiger partial charge in [0.05, 0.1) is 12.8 Å². The van der Waals surface area contributed by atoms with Crippen molar-refractivity contribution in [3.05, 3.63) is 63.0 Å². The molecule has 0 atom stereocenters. The summed E-state index contributed by atoms with van der Waals surface area (Å²) in [5.41, 5.74) is 2.99. The average Bonchev–Trinajstić information content (AvgIpc) is 2.97. The Morgan fingerprint density at radius 1 is 1.24 bits per heavy atom. The number of ether oxygens (including phenoxy) is 1. The lowest BCUT2D eigenvalue weighted by molar-refractivity contribution is 0.254. The quantitative estimate of drug-likeness (QED) is 0.649. The van der Waals surface area contributed by atoms with Gasteiger partial charge in [-0.2, -0.15) is 0 Å². The highest BCUT2D eigenvalue weighted by Gasteiger charge is 2.11. The standard InChI is InChI=1S/C19H23N3O2S/c1-4-9-21(11-15-5-7-17(24-3)8-6-15)12-16-10-18(23)22-14(2)13-25-19(22)20-16/h5-8,10,13H,4,9,11-12H2,1-3H3. The van der Waals surface area contributed by atoms with Gasteiger partial charge < -0.3 is 4.74 Å². The van der Waals surface area contributed by atoms with Crippen LogP contribution in [0.1, 0.15) is 30.3 Å². The monoisotopic (exact) mass is 357 g/mol. The molecule has 6 heteroatoms. The van der Waals surface area contributed by atoms with Crippen LogP contribution in [0.15, 0.2) is 40.5 Å². The van der Waals surface area contributed by atoms with Gasteiger partial charge in [0.15, 0.2) is 4.96 Å². The summed E-state index contributed by atoms with van der Waals surface area (Å²) in [6.45, 7) is 6.54. The van der Waals surface area contributed by atoms with Crippen LogP contribution in [0.2, 0.25) is 0 Å². The molecule has 0 aliphatic rings. The summed E-state index contributed by atoms with van der Waals surface area (Å²) >= 11 is 1.51. The Labute approximate surface area is 151 Å². The number of nitrogens with zero attached hydrogens (tertiary/aromatic N) is 3. The van der Waals surface area contributed by atoms with Crippen molar-refractivity contribution in [3.8, 4) is 5.75 Å². The molecule has 0 fully saturated rings. The van der Waals surface area contributed by atoms with Crippen molar-refractivity contribution < 1.29 is 4.74 Å². The second-order valence-corrected chi connectivity index (χ2v) is 6.98. The fraction of sp³-hybridized carbons (Fsp3) is 0.368. The number of thiazole rings is 1. The molecule has 0 unspecified atom stereocenters. The maximum absolute atomic E-state index is 12.3. The third kappa shape index (κ3) is 4.08. The van der Waals surface area contributed by atoms with E-state index in [0.29, 0.717) is 6.54 Å². The van der Waals surface area contributed by atoms with Gasteiger partial charge in [-0.3, -0.25) is 14.1 Å². The van der Waals surface area contributed by atoms with Crippen LogP contribution in [0.25, 0.3) is 4.96 Å². The molecule has 0 N–H and O–H groups in total. The average molecular weight is 357 g/mol. The second kappa shape index (κ2) is 7.80. The Kier molecular flexibility index (Phi) is 5.50. The van der Waals surface area contributed by atoms with Crippen LogP contribution in [0.3, 0.4) is 0 Å². The van der Waals surface area contributed by atoms with E-state index in [2.05, 4.69) is 28.9 Å². The first-order valence-corrected chi connectivity index (χ1v) is 9.30. The van der Waals surface area contributed by atoms with Crippen molar-refractivity contribution in [2.75, 3.05) is 13.7 Å². The number of hydrogen-bond donors (Lipinski definition) is 0. The molecule has 0 aliphatic carbocycles. The van der Waals surface area contributed by atoms with Crippen LogP contribution in [-0.2, 0) is 13.1 Å². The van der Waals surface area contributed by atoms with Crippen molar-refractivity contribution >= 4 is 16.3 Å². The minimum absolute atomic E-state index is 0.000328. The predicted octanol–water partition coefficient (Wildman–Crippen LogP) is 3.49. The molecule has 0 amide bonds. The molecule has 2 heterocycles. The van der Waals surface area contributed by atoms with Crippen molar-refractivity contribution in [1.29, 1.82) is 0 Å². The van der Waals surface area contributed by atoms with Crippen molar-refractivity contribution in [3.63, 3.8) is 0 Å². The Hall–Kier alpha value is -2.18. The molecule has 3 aromatic rings. The number of aryl methyl sites for hydroxylation is 1. The summed E-state index contributed by atoms with van der Waals surface area (Å²) in [5.74, 6) is 0.860. The minimum Gasteiger partial charge on any atom is -0.497 e. The van der Waals surface area contributed by atoms with Crippen LogP contribution in [-0.4, -0.2) is 27.9 Å². The van der Waals surface area contributed by atoms with E-state index in [9.17, 15) is 4.79 Å². The second-order valence-electron chi connectivity index (χ2n) is 6.14. The van der Waals surface area contributed by atoms with Gasteiger partial charge >= 0.3 is 0 Å². The zero-order valence-electron chi connectivity index (χ0n) is 14.9. The van der Waals surface area contributed by atoms with E-state index >= 15 is 0 Å². The molecule has 0 saturated carbocycles. The smallest absolute Gasteiger partial charge is 0.259 e. The number of aromatic nitrogens is 2. The number of rotatable bonds is 7. The van der Waals surface area contributed by atoms with E-state index in [4.69, 9.17) is 4.74 Å². The molecule has 5 nitrogen and oxygen atoms in total. The third-order valence-corrected chi connectivity index (χ3v) is 5.06. The van der Waals surface area contributed by atoms with Gasteiger partial charge in [-0.25, -0.2) is 4.98 Å². The summed E-state index contributed by atoms with van der Waals surface area (Å²) in [7, 11) is 1.67. The van der Waals surface area contributed by atoms with E-state index < -0.39 is 0 Å². The molecule has 0 radical (unpaired) electrons. The highest BCUT2D eigenvalue weighted by atomic mass is 32.1. The largest absolute Gasteiger partial charge is 0.497 e. The van der Waals surface area contributed by atoms with Crippen molar-refractivity contribution in [1.82, 2.24) is 14.3 Å². The summed E-state index contributed by atoms with van der Waals surface area (Å²) in [5, 5.41) is 1.97. The zero-order valence-corrected chi connectivity index (χ0v) is 15.7. The van der Waals surface area contributed by atoms with Crippen LogP contribution in [0.5, 0.6) is 5.75 Å². The van der Waals surface area contributed by atoms with Gasteiger partial charge in [0.1, 0.15) is 5.75 Å². The van der Waals surface area contributed by atoms with Gasteiger partial charge in [-0.1, -0.05) is 19.1 Å². The van der Waals surface area contributed by atoms with Crippen molar-refractivity contribution in [2.45, 2.75) is 33.4 Å². The third-order valence-electron chi connectivity index (χ3n) is 4.12. The SMILES string of the molecule is CCCN(Cc1ccc(OC)cc1)Cc1cc(=O)n2c(C)csc2n1. The molecule has 25 heavy (non-hydrogen) atoms. The number of benzene rings is 1. The van der Waals surface area contributed by atoms with E-state index in [1.165, 1.54) is 16.9 Å². The lowest BCUT2D eigenvalue weighted by atomic mass is 10.2. The highest BCUT2D eigenvalue weighted by molar-refractivity contribution is 7.15. The summed E-state index contributed by atoms with van der Waals surface area (Å²) in [6.07, 6.45) is 1.05. The molecule has 0 bridgehead atoms. The topological polar surface area (TPSA) is 46.8 Å². The maximum atomic E-state index is 12.3. The van der Waals surface area contributed by atoms with Crippen molar-refractivity contribution in [2.24, 2.45) is 0 Å². The van der Waals surface area contributed by atoms with Crippen LogP contribution in [0, 0.1) is 6.92 Å². The number of fused-ring (bicyclic) bond motifs is 1. The van der Waals surface area contributed by atoms with Gasteiger partial charge in [0.2, 0.25) is 0 Å². The van der Waals surface area contributed by atoms with E-state index in [-0.39, 0.29) is 5.56 Å². The van der Waals surface area contributed by atoms with E-state index in [1.54, 1.807) is 17.6 Å². The first-order valence-electron chi connectivity index (χ1n) is 8.42. The minimum atomic E-state index is -0.000328. The summed E-state index contributed by atoms with van der Waals surface area (Å²) in [4.78, 5) is 20.1. The molecule has 1 aromatic carbocycles. The number of methoxy groups -OCH3 is 1. The maximum Gasteiger partial charge on any atom is 0.259 e. The molecule has 0 spiro atoms. The van der Waals surface area contributed by atoms with Gasteiger partial charge in [-0.15, -0.1) is 11.3 Å². The Morgan fingerprint density at radius 3 is 2.68 bits per heavy atom. The molecule has 0 saturated heterocycles. The van der Waals surface area contributed by atoms with E-state index in [1.807, 2.05) is 24.4 Å². The Balaban J connectivity index is 1.80. The van der Waals surface area contributed by atoms with Gasteiger partial charge in [0, 0.05) is 30.2 Å². The molecule has 3 rings (SSSR count). The van der Waals surface area contributed by atoms with Gasteiger partial charge in [0.25, 0.3) is 5.56 Å². The Morgan fingerprint density at radius 2 is 2.00 bits per heavy atom. The first-order chi connectivity index (χ1) is 12.1. The Bertz CT molecular complexity index is 899. The zero-order chi connectivity index (χ0) is 17.8.